The van der Waals surface area contributed by atoms with Crippen LogP contribution in [0.5, 0.6) is 0 Å². The average molecular weight is 369 g/mol. The van der Waals surface area contributed by atoms with Crippen molar-refractivity contribution < 1.29 is 4.79 Å². The van der Waals surface area contributed by atoms with Crippen LogP contribution < -0.4 is 5.32 Å². The fourth-order valence-electron chi connectivity index (χ4n) is 3.31. The van der Waals surface area contributed by atoms with Gasteiger partial charge in [-0.25, -0.2) is 0 Å². The number of nitrogens with one attached hydrogen (secondary N) is 1. The minimum absolute atomic E-state index is 0.0208. The van der Waals surface area contributed by atoms with Gasteiger partial charge in [-0.2, -0.15) is 5.26 Å². The van der Waals surface area contributed by atoms with Crippen molar-refractivity contribution in [2.45, 2.75) is 31.1 Å². The van der Waals surface area contributed by atoms with E-state index < -0.39 is 5.41 Å². The lowest BCUT2D eigenvalue weighted by Crippen LogP contribution is -2.38. The molecule has 1 saturated carbocycles. The van der Waals surface area contributed by atoms with Gasteiger partial charge in [-0.05, 0) is 48.7 Å². The van der Waals surface area contributed by atoms with E-state index in [0.717, 1.165) is 35.7 Å². The summed E-state index contributed by atoms with van der Waals surface area (Å²) in [4.78, 5) is 13.0. The SMILES string of the molecule is N#Cc1cccc(NC(=O)C2(c3ccc(Br)cc3)CCCC2)c1. The predicted octanol–water partition coefficient (Wildman–Crippen LogP) is 4.77. The monoisotopic (exact) mass is 368 g/mol. The zero-order valence-corrected chi connectivity index (χ0v) is 14.3. The van der Waals surface area contributed by atoms with Crippen molar-refractivity contribution in [2.75, 3.05) is 5.32 Å². The Morgan fingerprint density at radius 3 is 2.48 bits per heavy atom. The van der Waals surface area contributed by atoms with Crippen molar-refractivity contribution in [1.29, 1.82) is 5.26 Å². The second-order valence-electron chi connectivity index (χ2n) is 5.94. The summed E-state index contributed by atoms with van der Waals surface area (Å²) in [7, 11) is 0. The molecule has 0 aromatic heterocycles. The van der Waals surface area contributed by atoms with E-state index in [0.29, 0.717) is 11.3 Å². The van der Waals surface area contributed by atoms with Crippen molar-refractivity contribution in [1.82, 2.24) is 0 Å². The predicted molar refractivity (Wildman–Crippen MR) is 94.1 cm³/mol. The first-order valence-electron chi connectivity index (χ1n) is 7.72. The van der Waals surface area contributed by atoms with E-state index in [-0.39, 0.29) is 5.91 Å². The Balaban J connectivity index is 1.90. The molecule has 1 aliphatic rings. The minimum Gasteiger partial charge on any atom is -0.325 e. The van der Waals surface area contributed by atoms with Gasteiger partial charge in [0.2, 0.25) is 5.91 Å². The highest BCUT2D eigenvalue weighted by molar-refractivity contribution is 9.10. The van der Waals surface area contributed by atoms with E-state index in [1.165, 1.54) is 0 Å². The van der Waals surface area contributed by atoms with E-state index in [1.807, 2.05) is 30.3 Å². The molecule has 3 rings (SSSR count). The van der Waals surface area contributed by atoms with E-state index in [1.54, 1.807) is 18.2 Å². The lowest BCUT2D eigenvalue weighted by atomic mass is 9.78. The Kier molecular flexibility index (Phi) is 4.49. The van der Waals surface area contributed by atoms with Crippen LogP contribution in [0.2, 0.25) is 0 Å². The molecule has 1 aliphatic carbocycles. The summed E-state index contributed by atoms with van der Waals surface area (Å²) in [6.07, 6.45) is 3.83. The Bertz CT molecular complexity index is 756. The number of hydrogen-bond donors (Lipinski definition) is 1. The molecule has 0 unspecified atom stereocenters. The Labute approximate surface area is 144 Å². The molecule has 3 nitrogen and oxygen atoms in total. The van der Waals surface area contributed by atoms with Gasteiger partial charge in [0.15, 0.2) is 0 Å². The van der Waals surface area contributed by atoms with Crippen molar-refractivity contribution in [3.63, 3.8) is 0 Å². The van der Waals surface area contributed by atoms with Gasteiger partial charge in [-0.3, -0.25) is 4.79 Å². The van der Waals surface area contributed by atoms with Gasteiger partial charge < -0.3 is 5.32 Å². The van der Waals surface area contributed by atoms with Gasteiger partial charge in [-0.15, -0.1) is 0 Å². The molecule has 0 saturated heterocycles. The summed E-state index contributed by atoms with van der Waals surface area (Å²) < 4.78 is 1.01. The summed E-state index contributed by atoms with van der Waals surface area (Å²) in [5.74, 6) is 0.0208. The summed E-state index contributed by atoms with van der Waals surface area (Å²) in [6, 6.07) is 17.2. The molecular weight excluding hydrogens is 352 g/mol. The lowest BCUT2D eigenvalue weighted by Gasteiger charge is -2.28. The molecule has 1 amide bonds. The number of hydrogen-bond acceptors (Lipinski definition) is 2. The van der Waals surface area contributed by atoms with E-state index in [2.05, 4.69) is 27.3 Å². The molecule has 23 heavy (non-hydrogen) atoms. The van der Waals surface area contributed by atoms with Crippen LogP contribution in [0.15, 0.2) is 53.0 Å². The molecule has 2 aromatic rings. The van der Waals surface area contributed by atoms with Crippen molar-refractivity contribution in [3.05, 3.63) is 64.1 Å². The maximum absolute atomic E-state index is 13.0. The van der Waals surface area contributed by atoms with Crippen LogP contribution >= 0.6 is 15.9 Å². The van der Waals surface area contributed by atoms with Crippen LogP contribution in [0.3, 0.4) is 0 Å². The first-order valence-corrected chi connectivity index (χ1v) is 8.51. The third kappa shape index (κ3) is 3.16. The lowest BCUT2D eigenvalue weighted by molar-refractivity contribution is -0.121. The highest BCUT2D eigenvalue weighted by Crippen LogP contribution is 2.42. The number of nitrogens with zero attached hydrogens (tertiary/aromatic N) is 1. The van der Waals surface area contributed by atoms with Crippen molar-refractivity contribution in [2.24, 2.45) is 0 Å². The highest BCUT2D eigenvalue weighted by atomic mass is 79.9. The molecule has 0 radical (unpaired) electrons. The fourth-order valence-corrected chi connectivity index (χ4v) is 3.58. The molecule has 116 valence electrons. The smallest absolute Gasteiger partial charge is 0.235 e. The molecule has 1 fully saturated rings. The van der Waals surface area contributed by atoms with Crippen molar-refractivity contribution >= 4 is 27.5 Å². The highest BCUT2D eigenvalue weighted by Gasteiger charge is 2.42. The number of anilines is 1. The van der Waals surface area contributed by atoms with Gasteiger partial charge in [0.05, 0.1) is 17.0 Å². The summed E-state index contributed by atoms with van der Waals surface area (Å²) in [6.45, 7) is 0. The molecule has 0 atom stereocenters. The molecule has 0 spiro atoms. The second kappa shape index (κ2) is 6.55. The van der Waals surface area contributed by atoms with Gasteiger partial charge in [0.1, 0.15) is 0 Å². The van der Waals surface area contributed by atoms with Crippen LogP contribution in [-0.4, -0.2) is 5.91 Å². The third-order valence-corrected chi connectivity index (χ3v) is 5.07. The number of amides is 1. The Hall–Kier alpha value is -2.12. The van der Waals surface area contributed by atoms with Crippen LogP contribution in [-0.2, 0) is 10.2 Å². The number of carbonyl (C=O) groups excluding carboxylic acids is 1. The van der Waals surface area contributed by atoms with Crippen LogP contribution in [0, 0.1) is 11.3 Å². The summed E-state index contributed by atoms with van der Waals surface area (Å²) >= 11 is 3.45. The normalized spacial score (nSPS) is 15.8. The third-order valence-electron chi connectivity index (χ3n) is 4.54. The van der Waals surface area contributed by atoms with Crippen molar-refractivity contribution in [3.8, 4) is 6.07 Å². The van der Waals surface area contributed by atoms with E-state index >= 15 is 0 Å². The standard InChI is InChI=1S/C19H17BrN2O/c20-16-8-6-15(7-9-16)19(10-1-2-11-19)18(23)22-17-5-3-4-14(12-17)13-21/h3-9,12H,1-2,10-11H2,(H,22,23). The average Bonchev–Trinajstić information content (AvgIpc) is 3.06. The summed E-state index contributed by atoms with van der Waals surface area (Å²) in [5, 5.41) is 12.0. The molecule has 4 heteroatoms. The van der Waals surface area contributed by atoms with Crippen LogP contribution in [0.4, 0.5) is 5.69 Å². The first-order chi connectivity index (χ1) is 11.1. The zero-order chi connectivity index (χ0) is 16.3. The zero-order valence-electron chi connectivity index (χ0n) is 12.7. The second-order valence-corrected chi connectivity index (χ2v) is 6.86. The molecule has 0 heterocycles. The van der Waals surface area contributed by atoms with E-state index in [9.17, 15) is 4.79 Å². The molecular formula is C19H17BrN2O. The van der Waals surface area contributed by atoms with Crippen LogP contribution in [0.25, 0.3) is 0 Å². The molecule has 0 bridgehead atoms. The van der Waals surface area contributed by atoms with Gasteiger partial charge in [0, 0.05) is 10.2 Å². The largest absolute Gasteiger partial charge is 0.325 e. The molecule has 0 aliphatic heterocycles. The topological polar surface area (TPSA) is 52.9 Å². The molecule has 1 N–H and O–H groups in total. The van der Waals surface area contributed by atoms with Gasteiger partial charge in [0.25, 0.3) is 0 Å². The number of rotatable bonds is 3. The Morgan fingerprint density at radius 2 is 1.83 bits per heavy atom. The quantitative estimate of drug-likeness (QED) is 0.847. The number of carbonyl (C=O) groups is 1. The first kappa shape index (κ1) is 15.8. The van der Waals surface area contributed by atoms with E-state index in [4.69, 9.17) is 5.26 Å². The maximum Gasteiger partial charge on any atom is 0.235 e. The summed E-state index contributed by atoms with van der Waals surface area (Å²) in [5.41, 5.74) is 1.82. The molecule has 2 aromatic carbocycles. The van der Waals surface area contributed by atoms with Gasteiger partial charge in [-0.1, -0.05) is 47.0 Å². The minimum atomic E-state index is -0.469. The number of nitriles is 1. The number of halogens is 1. The fraction of sp³-hybridized carbons (Fsp3) is 0.263. The maximum atomic E-state index is 13.0. The van der Waals surface area contributed by atoms with Crippen LogP contribution in [0.1, 0.15) is 36.8 Å². The Morgan fingerprint density at radius 1 is 1.13 bits per heavy atom. The van der Waals surface area contributed by atoms with Gasteiger partial charge >= 0.3 is 0 Å². The number of benzene rings is 2.